The van der Waals surface area contributed by atoms with Gasteiger partial charge in [-0.3, -0.25) is 10.1 Å². The lowest BCUT2D eigenvalue weighted by Gasteiger charge is -2.35. The molecule has 2 atom stereocenters. The average molecular weight is 280 g/mol. The molecule has 108 valence electrons. The number of aliphatic hydroxyl groups excluding tert-OH is 1. The maximum atomic E-state index is 11.2. The summed E-state index contributed by atoms with van der Waals surface area (Å²) in [7, 11) is 0. The van der Waals surface area contributed by atoms with Crippen LogP contribution in [0.5, 0.6) is 0 Å². The van der Waals surface area contributed by atoms with E-state index in [2.05, 4.69) is 0 Å². The molecule has 7 nitrogen and oxygen atoms in total. The summed E-state index contributed by atoms with van der Waals surface area (Å²) in [5, 5.41) is 30.0. The minimum atomic E-state index is -1.32. The van der Waals surface area contributed by atoms with Gasteiger partial charge in [-0.1, -0.05) is 13.0 Å². The number of aromatic carboxylic acids is 1. The van der Waals surface area contributed by atoms with Crippen molar-refractivity contribution >= 4 is 17.3 Å². The molecule has 0 aromatic heterocycles. The summed E-state index contributed by atoms with van der Waals surface area (Å²) >= 11 is 0. The van der Waals surface area contributed by atoms with Crippen LogP contribution in [0.15, 0.2) is 18.2 Å². The molecule has 1 aromatic rings. The number of hydrogen-bond donors (Lipinski definition) is 2. The standard InChI is InChI=1S/C13H16N2O5/c1-8-7-14(6-5-11(8)16)10-4-2-3-9(13(17)18)12(10)15(19)20/h2-4,8,11,16H,5-7H2,1H3,(H,17,18). The molecule has 0 bridgehead atoms. The van der Waals surface area contributed by atoms with Crippen LogP contribution in [-0.4, -0.2) is 40.3 Å². The Morgan fingerprint density at radius 1 is 1.50 bits per heavy atom. The normalized spacial score (nSPS) is 22.6. The van der Waals surface area contributed by atoms with E-state index in [1.54, 1.807) is 11.0 Å². The van der Waals surface area contributed by atoms with E-state index < -0.39 is 17.0 Å². The minimum Gasteiger partial charge on any atom is -0.477 e. The number of para-hydroxylation sites is 1. The lowest BCUT2D eigenvalue weighted by molar-refractivity contribution is -0.384. The van der Waals surface area contributed by atoms with Gasteiger partial charge in [0.2, 0.25) is 0 Å². The number of nitro groups is 1. The third-order valence-electron chi connectivity index (χ3n) is 3.63. The van der Waals surface area contributed by atoms with Crippen molar-refractivity contribution in [2.75, 3.05) is 18.0 Å². The molecule has 1 aliphatic rings. The molecular weight excluding hydrogens is 264 g/mol. The molecule has 0 amide bonds. The van der Waals surface area contributed by atoms with E-state index in [0.29, 0.717) is 25.2 Å². The van der Waals surface area contributed by atoms with E-state index in [-0.39, 0.29) is 17.2 Å². The van der Waals surface area contributed by atoms with E-state index >= 15 is 0 Å². The van der Waals surface area contributed by atoms with Gasteiger partial charge in [0.15, 0.2) is 0 Å². The summed E-state index contributed by atoms with van der Waals surface area (Å²) < 4.78 is 0. The number of rotatable bonds is 3. The molecule has 7 heteroatoms. The van der Waals surface area contributed by atoms with Crippen LogP contribution >= 0.6 is 0 Å². The Balaban J connectivity index is 2.44. The van der Waals surface area contributed by atoms with E-state index in [4.69, 9.17) is 5.11 Å². The fraction of sp³-hybridized carbons (Fsp3) is 0.462. The van der Waals surface area contributed by atoms with Crippen LogP contribution in [-0.2, 0) is 0 Å². The highest BCUT2D eigenvalue weighted by atomic mass is 16.6. The number of piperidine rings is 1. The fourth-order valence-electron chi connectivity index (χ4n) is 2.50. The molecule has 0 spiro atoms. The van der Waals surface area contributed by atoms with Gasteiger partial charge in [-0.15, -0.1) is 0 Å². The van der Waals surface area contributed by atoms with Gasteiger partial charge >= 0.3 is 11.7 Å². The van der Waals surface area contributed by atoms with Crippen molar-refractivity contribution in [3.05, 3.63) is 33.9 Å². The van der Waals surface area contributed by atoms with Crippen molar-refractivity contribution in [2.24, 2.45) is 5.92 Å². The van der Waals surface area contributed by atoms with Gasteiger partial charge in [-0.25, -0.2) is 4.79 Å². The van der Waals surface area contributed by atoms with E-state index in [1.165, 1.54) is 12.1 Å². The van der Waals surface area contributed by atoms with Crippen LogP contribution in [0.3, 0.4) is 0 Å². The number of benzene rings is 1. The molecule has 1 fully saturated rings. The number of aliphatic hydroxyl groups is 1. The first-order valence-corrected chi connectivity index (χ1v) is 6.35. The number of carboxylic acids is 1. The van der Waals surface area contributed by atoms with Crippen molar-refractivity contribution in [3.63, 3.8) is 0 Å². The first kappa shape index (κ1) is 14.3. The average Bonchev–Trinajstić information content (AvgIpc) is 2.40. The largest absolute Gasteiger partial charge is 0.477 e. The van der Waals surface area contributed by atoms with Gasteiger partial charge in [-0.2, -0.15) is 0 Å². The second-order valence-corrected chi connectivity index (χ2v) is 5.01. The summed E-state index contributed by atoms with van der Waals surface area (Å²) in [6, 6.07) is 4.28. The van der Waals surface area contributed by atoms with E-state index in [1.807, 2.05) is 6.92 Å². The Kier molecular flexibility index (Phi) is 3.89. The molecule has 0 aliphatic carbocycles. The topological polar surface area (TPSA) is 104 Å². The number of nitro benzene ring substituents is 1. The Labute approximate surface area is 115 Å². The quantitative estimate of drug-likeness (QED) is 0.642. The zero-order chi connectivity index (χ0) is 14.9. The van der Waals surface area contributed by atoms with Crippen molar-refractivity contribution in [1.29, 1.82) is 0 Å². The lowest BCUT2D eigenvalue weighted by atomic mass is 9.96. The second-order valence-electron chi connectivity index (χ2n) is 5.01. The molecule has 1 aromatic carbocycles. The van der Waals surface area contributed by atoms with Crippen LogP contribution in [0.25, 0.3) is 0 Å². The molecule has 20 heavy (non-hydrogen) atoms. The van der Waals surface area contributed by atoms with Gasteiger partial charge in [0, 0.05) is 13.1 Å². The van der Waals surface area contributed by atoms with Crippen LogP contribution < -0.4 is 4.90 Å². The van der Waals surface area contributed by atoms with Gasteiger partial charge in [-0.05, 0) is 24.5 Å². The molecule has 0 saturated carbocycles. The Morgan fingerprint density at radius 3 is 2.75 bits per heavy atom. The summed E-state index contributed by atoms with van der Waals surface area (Å²) in [6.45, 7) is 2.80. The van der Waals surface area contributed by atoms with Crippen LogP contribution in [0, 0.1) is 16.0 Å². The van der Waals surface area contributed by atoms with Gasteiger partial charge in [0.05, 0.1) is 11.0 Å². The minimum absolute atomic E-state index is 0.0168. The number of nitrogens with zero attached hydrogens (tertiary/aromatic N) is 2. The molecule has 2 unspecified atom stereocenters. The van der Waals surface area contributed by atoms with Crippen molar-refractivity contribution in [1.82, 2.24) is 0 Å². The molecule has 1 heterocycles. The SMILES string of the molecule is CC1CN(c2cccc(C(=O)O)c2[N+](=O)[O-])CCC1O. The zero-order valence-electron chi connectivity index (χ0n) is 11.0. The molecule has 1 saturated heterocycles. The highest BCUT2D eigenvalue weighted by molar-refractivity contribution is 5.95. The van der Waals surface area contributed by atoms with Crippen LogP contribution in [0.2, 0.25) is 0 Å². The molecule has 0 radical (unpaired) electrons. The Bertz CT molecular complexity index is 546. The second kappa shape index (κ2) is 5.46. The zero-order valence-corrected chi connectivity index (χ0v) is 11.0. The highest BCUT2D eigenvalue weighted by Gasteiger charge is 2.31. The predicted molar refractivity (Wildman–Crippen MR) is 72.1 cm³/mol. The fourth-order valence-corrected chi connectivity index (χ4v) is 2.50. The number of hydrogen-bond acceptors (Lipinski definition) is 5. The van der Waals surface area contributed by atoms with Crippen molar-refractivity contribution in [2.45, 2.75) is 19.4 Å². The van der Waals surface area contributed by atoms with Crippen molar-refractivity contribution < 1.29 is 19.9 Å². The van der Waals surface area contributed by atoms with Gasteiger partial charge < -0.3 is 15.1 Å². The number of carbonyl (C=O) groups is 1. The predicted octanol–water partition coefficient (Wildman–Crippen LogP) is 1.50. The summed E-state index contributed by atoms with van der Waals surface area (Å²) in [5.41, 5.74) is -0.400. The lowest BCUT2D eigenvalue weighted by Crippen LogP contribution is -2.42. The van der Waals surface area contributed by atoms with Gasteiger partial charge in [0.25, 0.3) is 0 Å². The molecular formula is C13H16N2O5. The molecule has 1 aliphatic heterocycles. The summed E-state index contributed by atoms with van der Waals surface area (Å²) in [5.74, 6) is -1.33. The summed E-state index contributed by atoms with van der Waals surface area (Å²) in [6.07, 6.45) is 0.0864. The molecule has 2 rings (SSSR count). The monoisotopic (exact) mass is 280 g/mol. The maximum Gasteiger partial charge on any atom is 0.342 e. The van der Waals surface area contributed by atoms with Crippen LogP contribution in [0.1, 0.15) is 23.7 Å². The first-order chi connectivity index (χ1) is 9.41. The Hall–Kier alpha value is -2.15. The van der Waals surface area contributed by atoms with Crippen LogP contribution in [0.4, 0.5) is 11.4 Å². The first-order valence-electron chi connectivity index (χ1n) is 6.35. The maximum absolute atomic E-state index is 11.2. The highest BCUT2D eigenvalue weighted by Crippen LogP contribution is 2.34. The Morgan fingerprint density at radius 2 is 2.20 bits per heavy atom. The number of anilines is 1. The van der Waals surface area contributed by atoms with E-state index in [0.717, 1.165) is 0 Å². The summed E-state index contributed by atoms with van der Waals surface area (Å²) in [4.78, 5) is 23.4. The third-order valence-corrected chi connectivity index (χ3v) is 3.63. The van der Waals surface area contributed by atoms with Gasteiger partial charge in [0.1, 0.15) is 11.3 Å². The number of carboxylic acid groups (broad SMARTS) is 1. The van der Waals surface area contributed by atoms with E-state index in [9.17, 15) is 20.0 Å². The smallest absolute Gasteiger partial charge is 0.342 e. The van der Waals surface area contributed by atoms with Crippen molar-refractivity contribution in [3.8, 4) is 0 Å². The third kappa shape index (κ3) is 2.57. The molecule has 2 N–H and O–H groups in total.